The van der Waals surface area contributed by atoms with Crippen molar-refractivity contribution in [1.29, 1.82) is 0 Å². The van der Waals surface area contributed by atoms with Gasteiger partial charge >= 0.3 is 0 Å². The second-order valence-corrected chi connectivity index (χ2v) is 11.5. The minimum Gasteiger partial charge on any atom is -0.311 e. The van der Waals surface area contributed by atoms with Crippen LogP contribution in [0.1, 0.15) is 25.3 Å². The van der Waals surface area contributed by atoms with E-state index >= 15 is 0 Å². The van der Waals surface area contributed by atoms with Crippen LogP contribution in [0.4, 0.5) is 5.69 Å². The first-order valence-corrected chi connectivity index (χ1v) is 15.9. The van der Waals surface area contributed by atoms with E-state index in [9.17, 15) is 0 Å². The van der Waals surface area contributed by atoms with Crippen LogP contribution >= 0.6 is 0 Å². The van der Waals surface area contributed by atoms with Gasteiger partial charge in [-0.25, -0.2) is 0 Å². The molecule has 1 aliphatic rings. The topological polar surface area (TPSA) is 8.17 Å². The molecule has 0 amide bonds. The van der Waals surface area contributed by atoms with Crippen LogP contribution in [0.25, 0.3) is 49.8 Å². The van der Waals surface area contributed by atoms with Crippen LogP contribution in [0, 0.1) is 6.92 Å². The van der Waals surface area contributed by atoms with E-state index in [-0.39, 0.29) is 0 Å². The molecule has 1 aliphatic carbocycles. The van der Waals surface area contributed by atoms with Crippen LogP contribution in [0.15, 0.2) is 177 Å². The van der Waals surface area contributed by atoms with Gasteiger partial charge in [-0.05, 0) is 116 Å². The first kappa shape index (κ1) is 30.4. The van der Waals surface area contributed by atoms with Crippen LogP contribution in [0.3, 0.4) is 0 Å². The number of rotatable bonds is 10. The van der Waals surface area contributed by atoms with Gasteiger partial charge in [-0.2, -0.15) is 0 Å². The number of allylic oxidation sites excluding steroid dienone is 11. The van der Waals surface area contributed by atoms with Gasteiger partial charge in [0.15, 0.2) is 0 Å². The van der Waals surface area contributed by atoms with E-state index in [4.69, 9.17) is 0 Å². The molecule has 0 bridgehead atoms. The van der Waals surface area contributed by atoms with E-state index in [1.165, 1.54) is 49.8 Å². The Morgan fingerprint density at radius 3 is 1.78 bits per heavy atom. The van der Waals surface area contributed by atoms with E-state index in [2.05, 4.69) is 145 Å². The third-order valence-electron chi connectivity index (χ3n) is 8.48. The Bertz CT molecular complexity index is 2090. The zero-order chi connectivity index (χ0) is 32.0. The average Bonchev–Trinajstić information content (AvgIpc) is 3.42. The smallest absolute Gasteiger partial charge is 0.0541 e. The Hall–Kier alpha value is -5.60. The maximum atomic E-state index is 4.07. The van der Waals surface area contributed by atoms with Gasteiger partial charge in [0.05, 0.1) is 11.0 Å². The van der Waals surface area contributed by atoms with Crippen molar-refractivity contribution < 1.29 is 0 Å². The van der Waals surface area contributed by atoms with Gasteiger partial charge in [-0.3, -0.25) is 0 Å². The summed E-state index contributed by atoms with van der Waals surface area (Å²) in [5, 5.41) is 2.51. The molecular formula is C44H40N2. The minimum atomic E-state index is 0.929. The number of hydrogen-bond acceptors (Lipinski definition) is 1. The van der Waals surface area contributed by atoms with Crippen LogP contribution in [0.5, 0.6) is 0 Å². The van der Waals surface area contributed by atoms with Gasteiger partial charge in [-0.1, -0.05) is 104 Å². The van der Waals surface area contributed by atoms with Crippen molar-refractivity contribution >= 4 is 33.2 Å². The van der Waals surface area contributed by atoms with Gasteiger partial charge < -0.3 is 9.47 Å². The number of aromatic nitrogens is 1. The fourth-order valence-electron chi connectivity index (χ4n) is 6.27. The Morgan fingerprint density at radius 1 is 0.696 bits per heavy atom. The zero-order valence-electron chi connectivity index (χ0n) is 26.8. The van der Waals surface area contributed by atoms with Crippen molar-refractivity contribution in [2.75, 3.05) is 4.90 Å². The summed E-state index contributed by atoms with van der Waals surface area (Å²) in [6.07, 6.45) is 22.5. The fraction of sp³-hybridized carbons (Fsp3) is 0.0909. The quantitative estimate of drug-likeness (QED) is 0.146. The van der Waals surface area contributed by atoms with Crippen LogP contribution in [-0.2, 0) is 0 Å². The molecule has 2 nitrogen and oxygen atoms in total. The van der Waals surface area contributed by atoms with Crippen molar-refractivity contribution in [3.05, 3.63) is 182 Å². The fourth-order valence-corrected chi connectivity index (χ4v) is 6.27. The van der Waals surface area contributed by atoms with E-state index in [0.717, 1.165) is 35.5 Å². The summed E-state index contributed by atoms with van der Waals surface area (Å²) in [5.74, 6) is 0. The van der Waals surface area contributed by atoms with Crippen molar-refractivity contribution in [2.45, 2.75) is 26.7 Å². The molecule has 0 fully saturated rings. The number of anilines is 1. The summed E-state index contributed by atoms with van der Waals surface area (Å²) in [5.41, 5.74) is 12.7. The molecule has 0 N–H and O–H groups in total. The molecule has 0 radical (unpaired) electrons. The molecule has 5 aromatic rings. The van der Waals surface area contributed by atoms with Gasteiger partial charge in [0, 0.05) is 33.6 Å². The maximum Gasteiger partial charge on any atom is 0.0541 e. The molecule has 1 heterocycles. The molecule has 6 rings (SSSR count). The number of aryl methyl sites for hydroxylation is 1. The van der Waals surface area contributed by atoms with Crippen molar-refractivity contribution in [3.8, 4) is 22.3 Å². The number of benzene rings is 4. The molecule has 46 heavy (non-hydrogen) atoms. The summed E-state index contributed by atoms with van der Waals surface area (Å²) in [4.78, 5) is 2.16. The minimum absolute atomic E-state index is 0.929. The first-order chi connectivity index (χ1) is 22.6. The molecule has 2 heteroatoms. The third kappa shape index (κ3) is 5.90. The van der Waals surface area contributed by atoms with Crippen molar-refractivity contribution in [3.63, 3.8) is 0 Å². The predicted molar refractivity (Wildman–Crippen MR) is 202 cm³/mol. The summed E-state index contributed by atoms with van der Waals surface area (Å²) >= 11 is 0. The standard InChI is InChI=1S/C44H40N2/c1-6-13-37(9-4)45(38(14-7-2)15-8-3)40-26-22-34(23-27-40)36-25-29-44-42(31-36)41-30-35(33-20-18-32(5)19-21-33)24-28-43(41)46(44)39-16-11-10-12-17-39/h6-9,11,13-31H,1-2,4,10,12H2,3,5H3/b15-8-,37-13+,38-14+. The highest BCUT2D eigenvalue weighted by molar-refractivity contribution is 6.12. The second-order valence-electron chi connectivity index (χ2n) is 11.5. The molecule has 0 spiro atoms. The lowest BCUT2D eigenvalue weighted by Gasteiger charge is -2.27. The van der Waals surface area contributed by atoms with Gasteiger partial charge in [0.25, 0.3) is 0 Å². The summed E-state index contributed by atoms with van der Waals surface area (Å²) in [7, 11) is 0. The van der Waals surface area contributed by atoms with Gasteiger partial charge in [0.2, 0.25) is 0 Å². The van der Waals surface area contributed by atoms with Crippen LogP contribution in [0.2, 0.25) is 0 Å². The molecule has 0 atom stereocenters. The highest BCUT2D eigenvalue weighted by atomic mass is 15.1. The number of hydrogen-bond donors (Lipinski definition) is 0. The summed E-state index contributed by atoms with van der Waals surface area (Å²) in [6, 6.07) is 31.3. The highest BCUT2D eigenvalue weighted by Crippen LogP contribution is 2.38. The molecule has 0 unspecified atom stereocenters. The first-order valence-electron chi connectivity index (χ1n) is 15.9. The van der Waals surface area contributed by atoms with Crippen LogP contribution < -0.4 is 4.90 Å². The van der Waals surface area contributed by atoms with Crippen molar-refractivity contribution in [2.24, 2.45) is 0 Å². The highest BCUT2D eigenvalue weighted by Gasteiger charge is 2.17. The maximum absolute atomic E-state index is 4.07. The van der Waals surface area contributed by atoms with E-state index in [0.29, 0.717) is 0 Å². The number of nitrogens with zero attached hydrogens (tertiary/aromatic N) is 2. The third-order valence-corrected chi connectivity index (χ3v) is 8.48. The predicted octanol–water partition coefficient (Wildman–Crippen LogP) is 12.3. The molecule has 4 aromatic carbocycles. The van der Waals surface area contributed by atoms with Gasteiger partial charge in [0.1, 0.15) is 0 Å². The lowest BCUT2D eigenvalue weighted by atomic mass is 9.99. The average molecular weight is 597 g/mol. The molecule has 0 saturated heterocycles. The monoisotopic (exact) mass is 596 g/mol. The normalized spacial score (nSPS) is 13.7. The molecular weight excluding hydrogens is 556 g/mol. The van der Waals surface area contributed by atoms with Crippen molar-refractivity contribution in [1.82, 2.24) is 4.57 Å². The SMILES string of the molecule is C=C/C=C(\C=C)N(C(/C=C\C)=C/C=C)c1ccc(-c2ccc3c(c2)c2cc(-c4ccc(C)cc4)ccc2n3C2=CCCC=C2)cc1. The molecule has 0 saturated carbocycles. The lowest BCUT2D eigenvalue weighted by molar-refractivity contribution is 1.02. The zero-order valence-corrected chi connectivity index (χ0v) is 26.8. The Kier molecular flexibility index (Phi) is 8.98. The molecule has 226 valence electrons. The van der Waals surface area contributed by atoms with E-state index in [1.807, 2.05) is 31.2 Å². The molecule has 0 aliphatic heterocycles. The largest absolute Gasteiger partial charge is 0.311 e. The number of fused-ring (bicyclic) bond motifs is 3. The molecule has 1 aromatic heterocycles. The van der Waals surface area contributed by atoms with E-state index < -0.39 is 0 Å². The van der Waals surface area contributed by atoms with Gasteiger partial charge in [-0.15, -0.1) is 0 Å². The van der Waals surface area contributed by atoms with E-state index in [1.54, 1.807) is 12.2 Å². The summed E-state index contributed by atoms with van der Waals surface area (Å²) < 4.78 is 2.42. The second kappa shape index (κ2) is 13.6. The Morgan fingerprint density at radius 2 is 1.26 bits per heavy atom. The lowest BCUT2D eigenvalue weighted by Crippen LogP contribution is -2.19. The summed E-state index contributed by atoms with van der Waals surface area (Å²) in [6.45, 7) is 16.1. The Balaban J connectivity index is 1.48. The van der Waals surface area contributed by atoms with Crippen LogP contribution in [-0.4, -0.2) is 4.57 Å². The Labute approximate surface area is 273 Å².